The van der Waals surface area contributed by atoms with Gasteiger partial charge in [0.1, 0.15) is 11.6 Å². The molecular weight excluding hydrogens is 256 g/mol. The molecule has 5 heteroatoms. The first kappa shape index (κ1) is 14.0. The topological polar surface area (TPSA) is 72.3 Å². The van der Waals surface area contributed by atoms with Crippen molar-refractivity contribution >= 4 is 5.97 Å². The Morgan fingerprint density at radius 3 is 2.35 bits per heavy atom. The van der Waals surface area contributed by atoms with E-state index in [1.807, 2.05) is 32.0 Å². The molecule has 0 atom stereocenters. The van der Waals surface area contributed by atoms with Crippen LogP contribution in [0.25, 0.3) is 0 Å². The molecule has 0 fully saturated rings. The lowest BCUT2D eigenvalue weighted by Crippen LogP contribution is -2.08. The molecule has 0 aliphatic carbocycles. The average Bonchev–Trinajstić information content (AvgIpc) is 2.42. The highest BCUT2D eigenvalue weighted by atomic mass is 16.5. The number of hydrogen-bond donors (Lipinski definition) is 1. The van der Waals surface area contributed by atoms with Crippen molar-refractivity contribution in [3.63, 3.8) is 0 Å². The molecule has 1 heterocycles. The molecule has 0 saturated heterocycles. The molecule has 2 rings (SSSR count). The summed E-state index contributed by atoms with van der Waals surface area (Å²) in [5, 5.41) is 8.76. The first-order valence-electron chi connectivity index (χ1n) is 6.31. The number of carboxylic acids is 1. The molecule has 20 heavy (non-hydrogen) atoms. The number of benzene rings is 1. The summed E-state index contributed by atoms with van der Waals surface area (Å²) in [7, 11) is 0. The molecule has 1 aromatic heterocycles. The maximum Gasteiger partial charge on any atom is 0.338 e. The van der Waals surface area contributed by atoms with E-state index in [9.17, 15) is 4.79 Å². The number of aryl methyl sites for hydroxylation is 2. The Hall–Kier alpha value is -2.43. The van der Waals surface area contributed by atoms with Gasteiger partial charge in [-0.2, -0.15) is 0 Å². The van der Waals surface area contributed by atoms with Gasteiger partial charge in [-0.1, -0.05) is 18.2 Å². The van der Waals surface area contributed by atoms with Crippen molar-refractivity contribution in [1.29, 1.82) is 0 Å². The molecule has 5 nitrogen and oxygen atoms in total. The molecule has 0 unspecified atom stereocenters. The second-order valence-electron chi connectivity index (χ2n) is 4.51. The van der Waals surface area contributed by atoms with Crippen LogP contribution in [-0.4, -0.2) is 27.7 Å². The van der Waals surface area contributed by atoms with Crippen LogP contribution in [0.1, 0.15) is 27.3 Å². The molecule has 104 valence electrons. The third-order valence-electron chi connectivity index (χ3n) is 2.93. The molecule has 1 N–H and O–H groups in total. The van der Waals surface area contributed by atoms with Gasteiger partial charge in [-0.25, -0.2) is 14.8 Å². The average molecular weight is 272 g/mol. The zero-order valence-electron chi connectivity index (χ0n) is 11.5. The van der Waals surface area contributed by atoms with Gasteiger partial charge in [0.15, 0.2) is 0 Å². The summed E-state index contributed by atoms with van der Waals surface area (Å²) in [5.41, 5.74) is 2.27. The lowest BCUT2D eigenvalue weighted by Gasteiger charge is -2.11. The Labute approximate surface area is 117 Å². The second-order valence-corrected chi connectivity index (χ2v) is 4.51. The van der Waals surface area contributed by atoms with Crippen molar-refractivity contribution in [3.05, 3.63) is 53.1 Å². The quantitative estimate of drug-likeness (QED) is 0.905. The number of nitrogens with zero attached hydrogens (tertiary/aromatic N) is 2. The van der Waals surface area contributed by atoms with Crippen LogP contribution in [0.3, 0.4) is 0 Å². The summed E-state index contributed by atoms with van der Waals surface area (Å²) in [6.45, 7) is 4.46. The van der Waals surface area contributed by atoms with Crippen LogP contribution in [0.15, 0.2) is 30.6 Å². The van der Waals surface area contributed by atoms with Crippen LogP contribution in [-0.2, 0) is 6.42 Å². The van der Waals surface area contributed by atoms with Gasteiger partial charge in [0.05, 0.1) is 12.2 Å². The highest BCUT2D eigenvalue weighted by Gasteiger charge is 2.06. The number of carboxylic acid groups (broad SMARTS) is 1. The summed E-state index contributed by atoms with van der Waals surface area (Å²) in [4.78, 5) is 18.7. The monoisotopic (exact) mass is 272 g/mol. The zero-order valence-corrected chi connectivity index (χ0v) is 11.5. The van der Waals surface area contributed by atoms with E-state index in [4.69, 9.17) is 9.84 Å². The number of hydrogen-bond acceptors (Lipinski definition) is 4. The fourth-order valence-corrected chi connectivity index (χ4v) is 1.87. The minimum absolute atomic E-state index is 0.0874. The molecule has 0 aliphatic rings. The highest BCUT2D eigenvalue weighted by Crippen LogP contribution is 2.22. The number of rotatable bonds is 5. The molecule has 0 saturated carbocycles. The van der Waals surface area contributed by atoms with E-state index < -0.39 is 5.97 Å². The standard InChI is InChI=1S/C15H16N2O3/c1-10-4-3-5-11(2)14(10)20-7-6-13-16-8-12(9-17-13)15(18)19/h3-5,8-9H,6-7H2,1-2H3,(H,18,19). The predicted molar refractivity (Wildman–Crippen MR) is 74.1 cm³/mol. The first-order chi connectivity index (χ1) is 9.58. The molecular formula is C15H16N2O3. The van der Waals surface area contributed by atoms with Crippen LogP contribution in [0.4, 0.5) is 0 Å². The summed E-state index contributed by atoms with van der Waals surface area (Å²) in [6, 6.07) is 5.99. The maximum absolute atomic E-state index is 10.7. The van der Waals surface area contributed by atoms with Gasteiger partial charge in [-0.15, -0.1) is 0 Å². The largest absolute Gasteiger partial charge is 0.493 e. The van der Waals surface area contributed by atoms with Crippen molar-refractivity contribution < 1.29 is 14.6 Å². The lowest BCUT2D eigenvalue weighted by atomic mass is 10.1. The summed E-state index contributed by atoms with van der Waals surface area (Å²) >= 11 is 0. The van der Waals surface area contributed by atoms with Crippen molar-refractivity contribution in [2.24, 2.45) is 0 Å². The van der Waals surface area contributed by atoms with Crippen molar-refractivity contribution in [1.82, 2.24) is 9.97 Å². The number of aromatic carboxylic acids is 1. The molecule has 2 aromatic rings. The van der Waals surface area contributed by atoms with E-state index in [1.165, 1.54) is 12.4 Å². The van der Waals surface area contributed by atoms with Crippen LogP contribution >= 0.6 is 0 Å². The van der Waals surface area contributed by atoms with E-state index in [-0.39, 0.29) is 5.56 Å². The Morgan fingerprint density at radius 2 is 1.80 bits per heavy atom. The van der Waals surface area contributed by atoms with Gasteiger partial charge < -0.3 is 9.84 Å². The van der Waals surface area contributed by atoms with Crippen LogP contribution in [0.2, 0.25) is 0 Å². The maximum atomic E-state index is 10.7. The predicted octanol–water partition coefficient (Wildman–Crippen LogP) is 2.41. The SMILES string of the molecule is Cc1cccc(C)c1OCCc1ncc(C(=O)O)cn1. The molecule has 0 radical (unpaired) electrons. The molecule has 1 aromatic carbocycles. The number of para-hydroxylation sites is 1. The van der Waals surface area contributed by atoms with Crippen molar-refractivity contribution in [2.45, 2.75) is 20.3 Å². The lowest BCUT2D eigenvalue weighted by molar-refractivity contribution is 0.0696. The summed E-state index contributed by atoms with van der Waals surface area (Å²) in [5.74, 6) is 0.430. The van der Waals surface area contributed by atoms with Gasteiger partial charge in [0, 0.05) is 18.8 Å². The molecule has 0 bridgehead atoms. The fraction of sp³-hybridized carbons (Fsp3) is 0.267. The van der Waals surface area contributed by atoms with Crippen LogP contribution in [0.5, 0.6) is 5.75 Å². The van der Waals surface area contributed by atoms with Crippen LogP contribution in [0, 0.1) is 13.8 Å². The third-order valence-corrected chi connectivity index (χ3v) is 2.93. The summed E-state index contributed by atoms with van der Waals surface area (Å²) < 4.78 is 5.75. The minimum atomic E-state index is -1.02. The van der Waals surface area contributed by atoms with Crippen molar-refractivity contribution in [3.8, 4) is 5.75 Å². The highest BCUT2D eigenvalue weighted by molar-refractivity contribution is 5.86. The van der Waals surface area contributed by atoms with Gasteiger partial charge in [0.25, 0.3) is 0 Å². The van der Waals surface area contributed by atoms with E-state index >= 15 is 0 Å². The Bertz CT molecular complexity index is 589. The number of carbonyl (C=O) groups is 1. The molecule has 0 aliphatic heterocycles. The fourth-order valence-electron chi connectivity index (χ4n) is 1.87. The van der Waals surface area contributed by atoms with Crippen molar-refractivity contribution in [2.75, 3.05) is 6.61 Å². The smallest absolute Gasteiger partial charge is 0.338 e. The number of aromatic nitrogens is 2. The van der Waals surface area contributed by atoms with E-state index in [0.717, 1.165) is 16.9 Å². The number of ether oxygens (including phenoxy) is 1. The van der Waals surface area contributed by atoms with Gasteiger partial charge in [-0.3, -0.25) is 0 Å². The van der Waals surface area contributed by atoms with Crippen LogP contribution < -0.4 is 4.74 Å². The van der Waals surface area contributed by atoms with E-state index in [0.29, 0.717) is 18.9 Å². The van der Waals surface area contributed by atoms with Gasteiger partial charge in [-0.05, 0) is 25.0 Å². The summed E-state index contributed by atoms with van der Waals surface area (Å²) in [6.07, 6.45) is 3.15. The third kappa shape index (κ3) is 3.32. The Balaban J connectivity index is 1.94. The minimum Gasteiger partial charge on any atom is -0.493 e. The van der Waals surface area contributed by atoms with Gasteiger partial charge >= 0.3 is 5.97 Å². The van der Waals surface area contributed by atoms with E-state index in [2.05, 4.69) is 9.97 Å². The Morgan fingerprint density at radius 1 is 1.20 bits per heavy atom. The second kappa shape index (κ2) is 6.14. The zero-order chi connectivity index (χ0) is 14.5. The first-order valence-corrected chi connectivity index (χ1v) is 6.31. The molecule has 0 amide bonds. The molecule has 0 spiro atoms. The normalized spacial score (nSPS) is 10.3. The van der Waals surface area contributed by atoms with Gasteiger partial charge in [0.2, 0.25) is 0 Å². The van der Waals surface area contributed by atoms with E-state index in [1.54, 1.807) is 0 Å². The Kier molecular flexibility index (Phi) is 4.30.